The lowest BCUT2D eigenvalue weighted by molar-refractivity contribution is 0.853. The summed E-state index contributed by atoms with van der Waals surface area (Å²) in [4.78, 5) is 4.96. The van der Waals surface area contributed by atoms with E-state index in [0.717, 1.165) is 11.4 Å². The summed E-state index contributed by atoms with van der Waals surface area (Å²) in [5.41, 5.74) is 12.6. The van der Waals surface area contributed by atoms with Crippen LogP contribution in [0.1, 0.15) is 101 Å². The van der Waals surface area contributed by atoms with Crippen molar-refractivity contribution in [1.29, 1.82) is 0 Å². The number of benzene rings is 5. The zero-order valence-corrected chi connectivity index (χ0v) is 27.8. The summed E-state index contributed by atoms with van der Waals surface area (Å²) in [6.45, 7) is 18.3. The summed E-state index contributed by atoms with van der Waals surface area (Å²) in [6, 6.07) is 44.7. The second-order valence-corrected chi connectivity index (χ2v) is 13.0. The average Bonchev–Trinajstić information content (AvgIpc) is 3.02. The lowest BCUT2D eigenvalue weighted by atomic mass is 9.95. The number of rotatable bonds is 10. The van der Waals surface area contributed by atoms with E-state index in [9.17, 15) is 0 Å². The number of hydrogen-bond acceptors (Lipinski definition) is 2. The van der Waals surface area contributed by atoms with Crippen molar-refractivity contribution in [3.05, 3.63) is 144 Å². The van der Waals surface area contributed by atoms with Gasteiger partial charge in [-0.05, 0) is 88.4 Å². The van der Waals surface area contributed by atoms with Gasteiger partial charge in [-0.2, -0.15) is 0 Å². The molecule has 5 aromatic carbocycles. The zero-order valence-electron chi connectivity index (χ0n) is 27.8. The molecule has 0 amide bonds. The summed E-state index contributed by atoms with van der Waals surface area (Å²) in [6.07, 6.45) is 0. The van der Waals surface area contributed by atoms with Gasteiger partial charge >= 0.3 is 0 Å². The van der Waals surface area contributed by atoms with Crippen LogP contribution in [0.2, 0.25) is 0 Å². The van der Waals surface area contributed by atoms with Crippen molar-refractivity contribution >= 4 is 34.1 Å². The van der Waals surface area contributed by atoms with E-state index in [1.54, 1.807) is 0 Å². The first-order valence-electron chi connectivity index (χ1n) is 16.2. The molecule has 0 bridgehead atoms. The van der Waals surface area contributed by atoms with Crippen molar-refractivity contribution in [3.63, 3.8) is 0 Å². The van der Waals surface area contributed by atoms with Crippen LogP contribution in [0.3, 0.4) is 0 Å². The monoisotopic (exact) mass is 580 g/mol. The molecule has 44 heavy (non-hydrogen) atoms. The number of para-hydroxylation sites is 4. The van der Waals surface area contributed by atoms with E-state index in [0.29, 0.717) is 23.7 Å². The molecule has 0 saturated carbocycles. The van der Waals surface area contributed by atoms with E-state index in [1.807, 2.05) is 0 Å². The van der Waals surface area contributed by atoms with Crippen molar-refractivity contribution in [1.82, 2.24) is 0 Å². The van der Waals surface area contributed by atoms with Crippen LogP contribution in [-0.4, -0.2) is 0 Å². The Morgan fingerprint density at radius 3 is 0.818 bits per heavy atom. The minimum Gasteiger partial charge on any atom is -0.310 e. The van der Waals surface area contributed by atoms with Crippen molar-refractivity contribution in [2.75, 3.05) is 9.80 Å². The van der Waals surface area contributed by atoms with Crippen molar-refractivity contribution in [2.24, 2.45) is 0 Å². The molecule has 0 N–H and O–H groups in total. The van der Waals surface area contributed by atoms with Gasteiger partial charge in [0, 0.05) is 34.1 Å². The Morgan fingerprint density at radius 2 is 0.568 bits per heavy atom. The highest BCUT2D eigenvalue weighted by atomic mass is 15.2. The van der Waals surface area contributed by atoms with Gasteiger partial charge in [-0.15, -0.1) is 0 Å². The Bertz CT molecular complexity index is 1470. The molecule has 0 fully saturated rings. The maximum atomic E-state index is 2.48. The van der Waals surface area contributed by atoms with Gasteiger partial charge in [-0.25, -0.2) is 0 Å². The zero-order chi connectivity index (χ0) is 31.4. The molecule has 0 unspecified atom stereocenters. The fraction of sp³-hybridized carbons (Fsp3) is 0.286. The first-order chi connectivity index (χ1) is 21.2. The Morgan fingerprint density at radius 1 is 0.318 bits per heavy atom. The predicted octanol–water partition coefficient (Wildman–Crippen LogP) is 13.1. The van der Waals surface area contributed by atoms with Crippen molar-refractivity contribution < 1.29 is 0 Å². The maximum Gasteiger partial charge on any atom is 0.0496 e. The topological polar surface area (TPSA) is 6.48 Å². The fourth-order valence-corrected chi connectivity index (χ4v) is 6.30. The fourth-order valence-electron chi connectivity index (χ4n) is 6.30. The third-order valence-electron chi connectivity index (χ3n) is 8.54. The van der Waals surface area contributed by atoms with Gasteiger partial charge in [0.05, 0.1) is 0 Å². The largest absolute Gasteiger partial charge is 0.310 e. The molecule has 0 aliphatic carbocycles. The summed E-state index contributed by atoms with van der Waals surface area (Å²) >= 11 is 0. The molecular weight excluding hydrogens is 532 g/mol. The van der Waals surface area contributed by atoms with Crippen LogP contribution < -0.4 is 9.80 Å². The Labute approximate surface area is 266 Å². The van der Waals surface area contributed by atoms with Gasteiger partial charge in [-0.1, -0.05) is 134 Å². The number of nitrogens with zero attached hydrogens (tertiary/aromatic N) is 2. The van der Waals surface area contributed by atoms with E-state index in [1.165, 1.54) is 45.0 Å². The van der Waals surface area contributed by atoms with E-state index in [4.69, 9.17) is 0 Å². The van der Waals surface area contributed by atoms with E-state index in [-0.39, 0.29) is 0 Å². The molecule has 0 aromatic heterocycles. The third kappa shape index (κ3) is 6.31. The standard InChI is InChI=1S/C42H48N2/c1-29(2)35-20-9-13-24-39(35)43(40-25-14-10-21-36(40)30(3)4)33-18-17-19-34(28-33)44(41-26-15-11-22-37(41)31(5)6)42-27-16-12-23-38(42)32(7)8/h9-32H,1-8H3. The normalized spacial score (nSPS) is 11.5. The molecule has 0 aliphatic rings. The minimum atomic E-state index is 0.385. The van der Waals surface area contributed by atoms with Gasteiger partial charge in [-0.3, -0.25) is 0 Å². The van der Waals surface area contributed by atoms with Gasteiger partial charge in [0.1, 0.15) is 0 Å². The Hall–Kier alpha value is -4.30. The molecule has 0 radical (unpaired) electrons. The van der Waals surface area contributed by atoms with Crippen molar-refractivity contribution in [3.8, 4) is 0 Å². The molecule has 2 nitrogen and oxygen atoms in total. The van der Waals surface area contributed by atoms with Gasteiger partial charge < -0.3 is 9.80 Å². The number of anilines is 6. The van der Waals surface area contributed by atoms with Crippen LogP contribution in [0.15, 0.2) is 121 Å². The van der Waals surface area contributed by atoms with E-state index < -0.39 is 0 Å². The highest BCUT2D eigenvalue weighted by Crippen LogP contribution is 2.46. The lowest BCUT2D eigenvalue weighted by Gasteiger charge is -2.34. The summed E-state index contributed by atoms with van der Waals surface area (Å²) in [7, 11) is 0. The molecule has 0 saturated heterocycles. The number of hydrogen-bond donors (Lipinski definition) is 0. The predicted molar refractivity (Wildman–Crippen MR) is 192 cm³/mol. The van der Waals surface area contributed by atoms with Gasteiger partial charge in [0.2, 0.25) is 0 Å². The van der Waals surface area contributed by atoms with Crippen LogP contribution >= 0.6 is 0 Å². The molecule has 5 aromatic rings. The van der Waals surface area contributed by atoms with Gasteiger partial charge in [0.25, 0.3) is 0 Å². The van der Waals surface area contributed by atoms with E-state index >= 15 is 0 Å². The summed E-state index contributed by atoms with van der Waals surface area (Å²) in [5.74, 6) is 1.54. The molecule has 2 heteroatoms. The first kappa shape index (κ1) is 31.1. The smallest absolute Gasteiger partial charge is 0.0496 e. The summed E-state index contributed by atoms with van der Waals surface area (Å²) in [5, 5.41) is 0. The van der Waals surface area contributed by atoms with Crippen LogP contribution in [0, 0.1) is 0 Å². The minimum absolute atomic E-state index is 0.385. The Kier molecular flexibility index (Phi) is 9.59. The second-order valence-electron chi connectivity index (χ2n) is 13.0. The van der Waals surface area contributed by atoms with E-state index in [2.05, 4.69) is 187 Å². The lowest BCUT2D eigenvalue weighted by Crippen LogP contribution is -2.17. The van der Waals surface area contributed by atoms with Crippen molar-refractivity contribution in [2.45, 2.75) is 79.1 Å². The molecule has 0 atom stereocenters. The Balaban J connectivity index is 1.80. The van der Waals surface area contributed by atoms with Gasteiger partial charge in [0.15, 0.2) is 0 Å². The summed E-state index contributed by atoms with van der Waals surface area (Å²) < 4.78 is 0. The molecular formula is C42H48N2. The molecule has 0 aliphatic heterocycles. The highest BCUT2D eigenvalue weighted by Gasteiger charge is 2.24. The SMILES string of the molecule is CC(C)c1ccccc1N(c1cccc(N(c2ccccc2C(C)C)c2ccccc2C(C)C)c1)c1ccccc1C(C)C. The highest BCUT2D eigenvalue weighted by molar-refractivity contribution is 5.86. The van der Waals surface area contributed by atoms with Crippen LogP contribution in [-0.2, 0) is 0 Å². The first-order valence-corrected chi connectivity index (χ1v) is 16.2. The quantitative estimate of drug-likeness (QED) is 0.162. The van der Waals surface area contributed by atoms with Crippen LogP contribution in [0.4, 0.5) is 34.1 Å². The second kappa shape index (κ2) is 13.6. The molecule has 0 heterocycles. The molecule has 0 spiro atoms. The molecule has 226 valence electrons. The third-order valence-corrected chi connectivity index (χ3v) is 8.54. The van der Waals surface area contributed by atoms with Crippen LogP contribution in [0.25, 0.3) is 0 Å². The maximum absolute atomic E-state index is 2.48. The molecule has 5 rings (SSSR count). The van der Waals surface area contributed by atoms with Crippen LogP contribution in [0.5, 0.6) is 0 Å². The average molecular weight is 581 g/mol.